The maximum absolute atomic E-state index is 13.9. The molecule has 3 aromatic rings. The largest absolute Gasteiger partial charge is 0.494 e. The smallest absolute Gasteiger partial charge is 0.278 e. The Labute approximate surface area is 143 Å². The summed E-state index contributed by atoms with van der Waals surface area (Å²) in [5.41, 5.74) is 2.03. The number of hydrogen-bond donors (Lipinski definition) is 0. The summed E-state index contributed by atoms with van der Waals surface area (Å²) >= 11 is 0. The van der Waals surface area contributed by atoms with Crippen LogP contribution in [0, 0.1) is 15.9 Å². The van der Waals surface area contributed by atoms with E-state index in [-0.39, 0.29) is 11.4 Å². The summed E-state index contributed by atoms with van der Waals surface area (Å²) in [6.07, 6.45) is 1.59. The molecule has 0 saturated carbocycles. The van der Waals surface area contributed by atoms with E-state index in [2.05, 4.69) is 4.98 Å². The maximum atomic E-state index is 13.9. The van der Waals surface area contributed by atoms with Crippen LogP contribution in [0.5, 0.6) is 5.75 Å². The molecule has 6 nitrogen and oxygen atoms in total. The number of ether oxygens (including phenoxy) is 1. The van der Waals surface area contributed by atoms with Gasteiger partial charge in [-0.1, -0.05) is 6.07 Å². The van der Waals surface area contributed by atoms with Crippen LogP contribution in [0.25, 0.3) is 10.9 Å². The summed E-state index contributed by atoms with van der Waals surface area (Å²) in [5.74, 6) is -0.242. The normalized spacial score (nSPS) is 10.7. The molecule has 0 bridgehead atoms. The van der Waals surface area contributed by atoms with Gasteiger partial charge in [-0.05, 0) is 35.9 Å². The van der Waals surface area contributed by atoms with Gasteiger partial charge in [0.2, 0.25) is 0 Å². The number of methoxy groups -OCH3 is 1. The second kappa shape index (κ2) is 6.72. The van der Waals surface area contributed by atoms with Crippen molar-refractivity contribution in [3.63, 3.8) is 0 Å². The highest BCUT2D eigenvalue weighted by Crippen LogP contribution is 2.32. The minimum atomic E-state index is -0.430. The Balaban J connectivity index is 1.97. The topological polar surface area (TPSA) is 68.5 Å². The van der Waals surface area contributed by atoms with Gasteiger partial charge >= 0.3 is 0 Å². The number of nitro benzene ring substituents is 1. The van der Waals surface area contributed by atoms with Gasteiger partial charge in [-0.25, -0.2) is 4.39 Å². The standard InChI is InChI=1S/C18H16FN3O3/c1-21(11-12-5-8-17(25-2)14(19)10-12)16-7-6-15(22(23)24)13-4-3-9-20-18(13)16/h3-10H,11H2,1-2H3. The molecule has 128 valence electrons. The number of hydrogen-bond acceptors (Lipinski definition) is 5. The molecule has 25 heavy (non-hydrogen) atoms. The quantitative estimate of drug-likeness (QED) is 0.519. The van der Waals surface area contributed by atoms with E-state index in [0.717, 1.165) is 11.3 Å². The van der Waals surface area contributed by atoms with Crippen molar-refractivity contribution >= 4 is 22.3 Å². The van der Waals surface area contributed by atoms with E-state index >= 15 is 0 Å². The van der Waals surface area contributed by atoms with E-state index in [0.29, 0.717) is 17.4 Å². The Morgan fingerprint density at radius 1 is 1.28 bits per heavy atom. The molecule has 1 aromatic heterocycles. The minimum absolute atomic E-state index is 0.00995. The highest BCUT2D eigenvalue weighted by molar-refractivity contribution is 5.96. The van der Waals surface area contributed by atoms with Gasteiger partial charge in [0.1, 0.15) is 5.52 Å². The predicted molar refractivity (Wildman–Crippen MR) is 93.5 cm³/mol. The van der Waals surface area contributed by atoms with Crippen LogP contribution in [0.3, 0.4) is 0 Å². The zero-order valence-corrected chi connectivity index (χ0v) is 13.8. The van der Waals surface area contributed by atoms with Crippen LogP contribution in [-0.2, 0) is 6.54 Å². The van der Waals surface area contributed by atoms with Gasteiger partial charge in [-0.15, -0.1) is 0 Å². The van der Waals surface area contributed by atoms with Crippen molar-refractivity contribution in [2.75, 3.05) is 19.1 Å². The van der Waals surface area contributed by atoms with Crippen LogP contribution >= 0.6 is 0 Å². The van der Waals surface area contributed by atoms with Crippen LogP contribution in [0.2, 0.25) is 0 Å². The highest BCUT2D eigenvalue weighted by atomic mass is 19.1. The summed E-state index contributed by atoms with van der Waals surface area (Å²) in [6.45, 7) is 0.421. The third kappa shape index (κ3) is 3.21. The fourth-order valence-electron chi connectivity index (χ4n) is 2.78. The molecular formula is C18H16FN3O3. The molecule has 0 atom stereocenters. The van der Waals surface area contributed by atoms with Gasteiger partial charge < -0.3 is 9.64 Å². The van der Waals surface area contributed by atoms with Gasteiger partial charge in [-0.3, -0.25) is 15.1 Å². The molecule has 3 rings (SSSR count). The van der Waals surface area contributed by atoms with Gasteiger partial charge in [0.05, 0.1) is 23.1 Å². The number of non-ortho nitro benzene ring substituents is 1. The number of anilines is 1. The van der Waals surface area contributed by atoms with Crippen molar-refractivity contribution in [1.82, 2.24) is 4.98 Å². The van der Waals surface area contributed by atoms with Crippen molar-refractivity contribution in [3.05, 3.63) is 70.2 Å². The molecule has 0 aliphatic rings. The molecule has 0 amide bonds. The number of nitro groups is 1. The van der Waals surface area contributed by atoms with Gasteiger partial charge in [0, 0.05) is 25.9 Å². The van der Waals surface area contributed by atoms with Crippen molar-refractivity contribution in [1.29, 1.82) is 0 Å². The Morgan fingerprint density at radius 3 is 2.76 bits per heavy atom. The highest BCUT2D eigenvalue weighted by Gasteiger charge is 2.17. The van der Waals surface area contributed by atoms with Crippen molar-refractivity contribution < 1.29 is 14.1 Å². The second-order valence-electron chi connectivity index (χ2n) is 5.59. The van der Waals surface area contributed by atoms with E-state index in [1.54, 1.807) is 36.5 Å². The van der Waals surface area contributed by atoms with Gasteiger partial charge in [0.25, 0.3) is 5.69 Å². The van der Waals surface area contributed by atoms with E-state index in [1.807, 2.05) is 11.9 Å². The molecule has 0 aliphatic carbocycles. The van der Waals surface area contributed by atoms with Crippen LogP contribution < -0.4 is 9.64 Å². The van der Waals surface area contributed by atoms with Crippen molar-refractivity contribution in [3.8, 4) is 5.75 Å². The zero-order chi connectivity index (χ0) is 18.0. The first-order valence-corrected chi connectivity index (χ1v) is 7.57. The van der Waals surface area contributed by atoms with Crippen LogP contribution in [0.4, 0.5) is 15.8 Å². The average Bonchev–Trinajstić information content (AvgIpc) is 2.60. The molecule has 1 heterocycles. The lowest BCUT2D eigenvalue weighted by Crippen LogP contribution is -2.17. The summed E-state index contributed by atoms with van der Waals surface area (Å²) in [5, 5.41) is 11.7. The molecule has 0 N–H and O–H groups in total. The number of benzene rings is 2. The molecule has 7 heteroatoms. The number of rotatable bonds is 5. The lowest BCUT2D eigenvalue weighted by molar-refractivity contribution is -0.383. The summed E-state index contributed by atoms with van der Waals surface area (Å²) in [6, 6.07) is 11.2. The first-order valence-electron chi connectivity index (χ1n) is 7.57. The van der Waals surface area contributed by atoms with Crippen molar-refractivity contribution in [2.24, 2.45) is 0 Å². The summed E-state index contributed by atoms with van der Waals surface area (Å²) < 4.78 is 18.8. The molecule has 0 aliphatic heterocycles. The lowest BCUT2D eigenvalue weighted by Gasteiger charge is -2.21. The SMILES string of the molecule is COc1ccc(CN(C)c2ccc([N+](=O)[O-])c3cccnc23)cc1F. The number of halogens is 1. The molecular weight excluding hydrogens is 325 g/mol. The molecule has 2 aromatic carbocycles. The first kappa shape index (κ1) is 16.6. The minimum Gasteiger partial charge on any atom is -0.494 e. The van der Waals surface area contributed by atoms with Crippen LogP contribution in [0.15, 0.2) is 48.7 Å². The third-order valence-electron chi connectivity index (χ3n) is 3.97. The molecule has 0 fully saturated rings. The second-order valence-corrected chi connectivity index (χ2v) is 5.59. The van der Waals surface area contributed by atoms with Gasteiger partial charge in [0.15, 0.2) is 11.6 Å². The van der Waals surface area contributed by atoms with E-state index < -0.39 is 10.7 Å². The summed E-state index contributed by atoms with van der Waals surface area (Å²) in [4.78, 5) is 16.9. The monoisotopic (exact) mass is 341 g/mol. The van der Waals surface area contributed by atoms with Gasteiger partial charge in [-0.2, -0.15) is 0 Å². The predicted octanol–water partition coefficient (Wildman–Crippen LogP) is 3.93. The van der Waals surface area contributed by atoms with E-state index in [9.17, 15) is 14.5 Å². The number of fused-ring (bicyclic) bond motifs is 1. The fourth-order valence-corrected chi connectivity index (χ4v) is 2.78. The Kier molecular flexibility index (Phi) is 4.47. The van der Waals surface area contributed by atoms with E-state index in [1.165, 1.54) is 19.2 Å². The van der Waals surface area contributed by atoms with Crippen LogP contribution in [0.1, 0.15) is 5.56 Å². The van der Waals surface area contributed by atoms with E-state index in [4.69, 9.17) is 4.74 Å². The Morgan fingerprint density at radius 2 is 2.08 bits per heavy atom. The molecule has 0 saturated heterocycles. The number of aromatic nitrogens is 1. The Hall–Kier alpha value is -3.22. The number of pyridine rings is 1. The first-order chi connectivity index (χ1) is 12.0. The summed E-state index contributed by atoms with van der Waals surface area (Å²) in [7, 11) is 3.25. The molecule has 0 unspecified atom stereocenters. The fraction of sp³-hybridized carbons (Fsp3) is 0.167. The Bertz CT molecular complexity index is 946. The lowest BCUT2D eigenvalue weighted by atomic mass is 10.1. The molecule has 0 spiro atoms. The zero-order valence-electron chi connectivity index (χ0n) is 13.8. The average molecular weight is 341 g/mol. The third-order valence-corrected chi connectivity index (χ3v) is 3.97. The number of nitrogens with zero attached hydrogens (tertiary/aromatic N) is 3. The van der Waals surface area contributed by atoms with Crippen LogP contribution in [-0.4, -0.2) is 24.1 Å². The van der Waals surface area contributed by atoms with Crippen molar-refractivity contribution in [2.45, 2.75) is 6.54 Å². The maximum Gasteiger partial charge on any atom is 0.278 e. The molecule has 0 radical (unpaired) electrons.